The number of benzene rings is 1. The van der Waals surface area contributed by atoms with Crippen LogP contribution in [0.3, 0.4) is 0 Å². The summed E-state index contributed by atoms with van der Waals surface area (Å²) in [6.07, 6.45) is 0. The smallest absolute Gasteiger partial charge is 0.332 e. The molecule has 1 aromatic rings. The first-order chi connectivity index (χ1) is 6.74. The maximum Gasteiger partial charge on any atom is 0.332 e. The normalized spacial score (nSPS) is 9.86. The molecule has 3 nitrogen and oxygen atoms in total. The number of rotatable bonds is 4. The highest BCUT2D eigenvalue weighted by molar-refractivity contribution is 6.31. The summed E-state index contributed by atoms with van der Waals surface area (Å²) < 4.78 is 9.52. The molecule has 0 aliphatic rings. The largest absolute Gasteiger partial charge is 0.459 e. The summed E-state index contributed by atoms with van der Waals surface area (Å²) in [5, 5.41) is 0.595. The molecule has 0 atom stereocenters. The molecular formula is C10H11ClO3. The van der Waals surface area contributed by atoms with Gasteiger partial charge in [0.2, 0.25) is 0 Å². The summed E-state index contributed by atoms with van der Waals surface area (Å²) >= 11 is 5.86. The zero-order valence-corrected chi connectivity index (χ0v) is 8.58. The zero-order chi connectivity index (χ0) is 10.4. The molecule has 76 valence electrons. The van der Waals surface area contributed by atoms with Crippen molar-refractivity contribution in [3.05, 3.63) is 34.9 Å². The van der Waals surface area contributed by atoms with Crippen molar-refractivity contribution in [2.75, 3.05) is 13.7 Å². The molecule has 0 heterocycles. The van der Waals surface area contributed by atoms with E-state index in [0.29, 0.717) is 5.02 Å². The van der Waals surface area contributed by atoms with E-state index < -0.39 is 5.97 Å². The van der Waals surface area contributed by atoms with Crippen molar-refractivity contribution < 1.29 is 14.3 Å². The van der Waals surface area contributed by atoms with Crippen LogP contribution in [0.1, 0.15) is 5.56 Å². The van der Waals surface area contributed by atoms with Gasteiger partial charge in [0.05, 0.1) is 0 Å². The quantitative estimate of drug-likeness (QED) is 0.720. The van der Waals surface area contributed by atoms with E-state index >= 15 is 0 Å². The second-order valence-corrected chi connectivity index (χ2v) is 3.09. The number of carbonyl (C=O) groups excluding carboxylic acids is 1. The first kappa shape index (κ1) is 11.0. The molecule has 1 aromatic carbocycles. The van der Waals surface area contributed by atoms with Gasteiger partial charge in [-0.2, -0.15) is 0 Å². The standard InChI is InChI=1S/C10H11ClO3/c1-13-7-10(12)14-6-8-4-2-3-5-9(8)11/h2-5H,6-7H2,1H3. The van der Waals surface area contributed by atoms with E-state index in [1.807, 2.05) is 18.2 Å². The second kappa shape index (κ2) is 5.62. The lowest BCUT2D eigenvalue weighted by Crippen LogP contribution is -2.10. The van der Waals surface area contributed by atoms with E-state index in [1.165, 1.54) is 7.11 Å². The van der Waals surface area contributed by atoms with E-state index in [2.05, 4.69) is 4.74 Å². The molecule has 14 heavy (non-hydrogen) atoms. The van der Waals surface area contributed by atoms with E-state index in [-0.39, 0.29) is 13.2 Å². The minimum Gasteiger partial charge on any atom is -0.459 e. The fourth-order valence-electron chi connectivity index (χ4n) is 0.933. The lowest BCUT2D eigenvalue weighted by Gasteiger charge is -2.05. The first-order valence-corrected chi connectivity index (χ1v) is 4.50. The Bertz CT molecular complexity index is 312. The molecule has 0 N–H and O–H groups in total. The molecule has 0 radical (unpaired) electrons. The van der Waals surface area contributed by atoms with Gasteiger partial charge in [0.15, 0.2) is 0 Å². The zero-order valence-electron chi connectivity index (χ0n) is 7.83. The third-order valence-electron chi connectivity index (χ3n) is 1.61. The van der Waals surface area contributed by atoms with Gasteiger partial charge in [-0.3, -0.25) is 0 Å². The minimum atomic E-state index is -0.396. The maximum atomic E-state index is 10.9. The van der Waals surface area contributed by atoms with E-state index in [1.54, 1.807) is 6.07 Å². The average Bonchev–Trinajstić information content (AvgIpc) is 2.17. The fourth-order valence-corrected chi connectivity index (χ4v) is 1.12. The summed E-state index contributed by atoms with van der Waals surface area (Å²) in [7, 11) is 1.44. The Kier molecular flexibility index (Phi) is 4.43. The van der Waals surface area contributed by atoms with Crippen LogP contribution in [0.5, 0.6) is 0 Å². The first-order valence-electron chi connectivity index (χ1n) is 4.12. The molecule has 0 aromatic heterocycles. The van der Waals surface area contributed by atoms with Gasteiger partial charge in [0.25, 0.3) is 0 Å². The van der Waals surface area contributed by atoms with Crippen LogP contribution < -0.4 is 0 Å². The van der Waals surface area contributed by atoms with Crippen LogP contribution >= 0.6 is 11.6 Å². The van der Waals surface area contributed by atoms with Gasteiger partial charge in [-0.15, -0.1) is 0 Å². The van der Waals surface area contributed by atoms with Crippen molar-refractivity contribution in [1.82, 2.24) is 0 Å². The second-order valence-electron chi connectivity index (χ2n) is 2.69. The Morgan fingerprint density at radius 3 is 2.79 bits per heavy atom. The Hall–Kier alpha value is -1.06. The van der Waals surface area contributed by atoms with Crippen LogP contribution in [0.2, 0.25) is 5.02 Å². The number of halogens is 1. The van der Waals surface area contributed by atoms with Crippen molar-refractivity contribution in [2.45, 2.75) is 6.61 Å². The molecular weight excluding hydrogens is 204 g/mol. The molecule has 0 saturated heterocycles. The number of hydrogen-bond donors (Lipinski definition) is 0. The van der Waals surface area contributed by atoms with Crippen molar-refractivity contribution in [3.8, 4) is 0 Å². The van der Waals surface area contributed by atoms with Crippen LogP contribution in [-0.2, 0) is 20.9 Å². The average molecular weight is 215 g/mol. The molecule has 0 saturated carbocycles. The lowest BCUT2D eigenvalue weighted by atomic mass is 10.2. The number of ether oxygens (including phenoxy) is 2. The summed E-state index contributed by atoms with van der Waals surface area (Å²) in [5.41, 5.74) is 0.790. The molecule has 0 amide bonds. The molecule has 0 unspecified atom stereocenters. The summed E-state index contributed by atoms with van der Waals surface area (Å²) in [6.45, 7) is 0.145. The van der Waals surface area contributed by atoms with Gasteiger partial charge in [-0.25, -0.2) is 4.79 Å². The minimum absolute atomic E-state index is 0.0372. The Balaban J connectivity index is 2.46. The third-order valence-corrected chi connectivity index (χ3v) is 1.98. The van der Waals surface area contributed by atoms with Crippen molar-refractivity contribution in [3.63, 3.8) is 0 Å². The van der Waals surface area contributed by atoms with Crippen molar-refractivity contribution in [1.29, 1.82) is 0 Å². The Labute approximate surface area is 87.6 Å². The number of carbonyl (C=O) groups is 1. The summed E-state index contributed by atoms with van der Waals surface area (Å²) in [6, 6.07) is 7.22. The summed E-state index contributed by atoms with van der Waals surface area (Å²) in [4.78, 5) is 10.9. The highest BCUT2D eigenvalue weighted by atomic mass is 35.5. The maximum absolute atomic E-state index is 10.9. The van der Waals surface area contributed by atoms with Gasteiger partial charge < -0.3 is 9.47 Å². The van der Waals surface area contributed by atoms with Gasteiger partial charge in [0, 0.05) is 17.7 Å². The molecule has 0 fully saturated rings. The predicted molar refractivity (Wildman–Crippen MR) is 53.1 cm³/mol. The number of methoxy groups -OCH3 is 1. The van der Waals surface area contributed by atoms with Gasteiger partial charge in [-0.05, 0) is 6.07 Å². The lowest BCUT2D eigenvalue weighted by molar-refractivity contribution is -0.149. The fraction of sp³-hybridized carbons (Fsp3) is 0.300. The van der Waals surface area contributed by atoms with Gasteiger partial charge in [0.1, 0.15) is 13.2 Å². The monoisotopic (exact) mass is 214 g/mol. The van der Waals surface area contributed by atoms with Crippen molar-refractivity contribution >= 4 is 17.6 Å². The highest BCUT2D eigenvalue weighted by Crippen LogP contribution is 2.15. The van der Waals surface area contributed by atoms with Gasteiger partial charge >= 0.3 is 5.97 Å². The topological polar surface area (TPSA) is 35.5 Å². The number of hydrogen-bond acceptors (Lipinski definition) is 3. The SMILES string of the molecule is COCC(=O)OCc1ccccc1Cl. The van der Waals surface area contributed by atoms with Crippen LogP contribution in [0.25, 0.3) is 0 Å². The van der Waals surface area contributed by atoms with E-state index in [0.717, 1.165) is 5.56 Å². The predicted octanol–water partition coefficient (Wildman–Crippen LogP) is 2.03. The van der Waals surface area contributed by atoms with Crippen molar-refractivity contribution in [2.24, 2.45) is 0 Å². The third kappa shape index (κ3) is 3.36. The van der Waals surface area contributed by atoms with Crippen LogP contribution in [0, 0.1) is 0 Å². The molecule has 4 heteroatoms. The molecule has 0 aliphatic carbocycles. The molecule has 1 rings (SSSR count). The molecule has 0 aliphatic heterocycles. The van der Waals surface area contributed by atoms with E-state index in [9.17, 15) is 4.79 Å². The molecule has 0 spiro atoms. The molecule has 0 bridgehead atoms. The van der Waals surface area contributed by atoms with E-state index in [4.69, 9.17) is 16.3 Å². The highest BCUT2D eigenvalue weighted by Gasteiger charge is 2.04. The summed E-state index contributed by atoms with van der Waals surface area (Å²) in [5.74, 6) is -0.396. The van der Waals surface area contributed by atoms with Crippen LogP contribution in [0.4, 0.5) is 0 Å². The Morgan fingerprint density at radius 1 is 1.43 bits per heavy atom. The van der Waals surface area contributed by atoms with Crippen LogP contribution in [-0.4, -0.2) is 19.7 Å². The van der Waals surface area contributed by atoms with Gasteiger partial charge in [-0.1, -0.05) is 29.8 Å². The number of esters is 1. The van der Waals surface area contributed by atoms with Crippen LogP contribution in [0.15, 0.2) is 24.3 Å². The Morgan fingerprint density at radius 2 is 2.14 bits per heavy atom.